The van der Waals surface area contributed by atoms with E-state index in [9.17, 15) is 14.9 Å². The zero-order valence-corrected chi connectivity index (χ0v) is 11.9. The fourth-order valence-electron chi connectivity index (χ4n) is 0.814. The van der Waals surface area contributed by atoms with Gasteiger partial charge in [-0.1, -0.05) is 53.7 Å². The second-order valence-electron chi connectivity index (χ2n) is 2.08. The third-order valence-electron chi connectivity index (χ3n) is 1.33. The number of hydrogen-bond acceptors (Lipinski definition) is 3. The van der Waals surface area contributed by atoms with Gasteiger partial charge >= 0.3 is 5.97 Å². The van der Waals surface area contributed by atoms with Gasteiger partial charge in [0.15, 0.2) is 0 Å². The van der Waals surface area contributed by atoms with Crippen LogP contribution in [0.5, 0.6) is 0 Å². The molecule has 0 bridgehead atoms. The molecule has 1 aromatic rings. The molecule has 0 aliphatic heterocycles. The van der Waals surface area contributed by atoms with Crippen molar-refractivity contribution in [2.24, 2.45) is 0 Å². The summed E-state index contributed by atoms with van der Waals surface area (Å²) in [6, 6.07) is 5.21. The van der Waals surface area contributed by atoms with Crippen molar-refractivity contribution < 1.29 is 14.8 Å². The molecule has 5 nitrogen and oxygen atoms in total. The number of carbonyl (C=O) groups is 1. The van der Waals surface area contributed by atoms with Gasteiger partial charge in [0.2, 0.25) is 0 Å². The molecule has 1 aromatic carbocycles. The summed E-state index contributed by atoms with van der Waals surface area (Å²) < 4.78 is 0. The van der Waals surface area contributed by atoms with Gasteiger partial charge in [-0.25, -0.2) is 4.79 Å². The number of nitrogens with zero attached hydrogens (tertiary/aromatic N) is 1. The Kier molecular flexibility index (Phi) is 17.9. The van der Waals surface area contributed by atoms with E-state index in [1.807, 2.05) is 41.5 Å². The molecule has 0 saturated heterocycles. The van der Waals surface area contributed by atoms with Crippen LogP contribution in [-0.2, 0) is 0 Å². The number of nitro groups is 1. The Bertz CT molecular complexity index is 305. The first kappa shape index (κ1) is 21.4. The maximum Gasteiger partial charge on any atom is 0.342 e. The fourth-order valence-corrected chi connectivity index (χ4v) is 0.814. The number of benzene rings is 1. The lowest BCUT2D eigenvalue weighted by Crippen LogP contribution is -2.01. The first-order valence-corrected chi connectivity index (χ1v) is 6.09. The Labute approximate surface area is 109 Å². The van der Waals surface area contributed by atoms with Gasteiger partial charge in [-0.3, -0.25) is 10.1 Å². The molecule has 0 saturated carbocycles. The third-order valence-corrected chi connectivity index (χ3v) is 1.33. The van der Waals surface area contributed by atoms with Crippen molar-refractivity contribution in [3.8, 4) is 0 Å². The molecule has 0 unspecified atom stereocenters. The van der Waals surface area contributed by atoms with Crippen molar-refractivity contribution in [3.63, 3.8) is 0 Å². The minimum atomic E-state index is -1.29. The lowest BCUT2D eigenvalue weighted by Gasteiger charge is -1.94. The van der Waals surface area contributed by atoms with Crippen LogP contribution in [0.4, 0.5) is 5.69 Å². The Morgan fingerprint density at radius 2 is 1.44 bits per heavy atom. The van der Waals surface area contributed by atoms with E-state index < -0.39 is 10.9 Å². The van der Waals surface area contributed by atoms with Crippen LogP contribution in [0, 0.1) is 10.1 Å². The molecule has 1 N–H and O–H groups in total. The van der Waals surface area contributed by atoms with Crippen LogP contribution >= 0.6 is 0 Å². The largest absolute Gasteiger partial charge is 0.477 e. The number of nitro benzene ring substituents is 1. The highest BCUT2D eigenvalue weighted by Gasteiger charge is 2.17. The SMILES string of the molecule is CC.CC.CC.O=C(O)c1ccccc1[N+](=O)[O-]. The Hall–Kier alpha value is -1.91. The van der Waals surface area contributed by atoms with Crippen molar-refractivity contribution in [2.45, 2.75) is 41.5 Å². The monoisotopic (exact) mass is 257 g/mol. The molecule has 0 spiro atoms. The van der Waals surface area contributed by atoms with Gasteiger partial charge in [-0.2, -0.15) is 0 Å². The lowest BCUT2D eigenvalue weighted by molar-refractivity contribution is -0.385. The molecule has 18 heavy (non-hydrogen) atoms. The highest BCUT2D eigenvalue weighted by Crippen LogP contribution is 2.16. The summed E-state index contributed by atoms with van der Waals surface area (Å²) in [7, 11) is 0. The Morgan fingerprint density at radius 1 is 1.06 bits per heavy atom. The van der Waals surface area contributed by atoms with Crippen molar-refractivity contribution >= 4 is 11.7 Å². The molecule has 5 heteroatoms. The molecule has 0 aliphatic carbocycles. The average Bonchev–Trinajstić information content (AvgIpc) is 2.45. The molecule has 0 radical (unpaired) electrons. The second-order valence-corrected chi connectivity index (χ2v) is 2.08. The lowest BCUT2D eigenvalue weighted by atomic mass is 10.2. The molecule has 0 amide bonds. The highest BCUT2D eigenvalue weighted by atomic mass is 16.6. The van der Waals surface area contributed by atoms with Gasteiger partial charge in [0.1, 0.15) is 5.56 Å². The van der Waals surface area contributed by atoms with Gasteiger partial charge in [0, 0.05) is 6.07 Å². The smallest absolute Gasteiger partial charge is 0.342 e. The molecule has 0 aliphatic rings. The quantitative estimate of drug-likeness (QED) is 0.630. The molecule has 1 rings (SSSR count). The molecular weight excluding hydrogens is 234 g/mol. The van der Waals surface area contributed by atoms with Crippen LogP contribution in [0.25, 0.3) is 0 Å². The van der Waals surface area contributed by atoms with Gasteiger partial charge in [0.05, 0.1) is 4.92 Å². The van der Waals surface area contributed by atoms with E-state index >= 15 is 0 Å². The molecule has 0 aromatic heterocycles. The van der Waals surface area contributed by atoms with E-state index in [0.717, 1.165) is 6.07 Å². The van der Waals surface area contributed by atoms with Gasteiger partial charge < -0.3 is 5.11 Å². The predicted molar refractivity (Wildman–Crippen MR) is 74.1 cm³/mol. The van der Waals surface area contributed by atoms with Crippen LogP contribution < -0.4 is 0 Å². The maximum absolute atomic E-state index is 10.4. The van der Waals surface area contributed by atoms with Crippen LogP contribution in [0.1, 0.15) is 51.9 Å². The summed E-state index contributed by atoms with van der Waals surface area (Å²) in [5.74, 6) is -1.29. The number of carboxylic acid groups (broad SMARTS) is 1. The van der Waals surface area contributed by atoms with Gasteiger partial charge in [-0.05, 0) is 6.07 Å². The van der Waals surface area contributed by atoms with E-state index in [-0.39, 0.29) is 11.3 Å². The molecule has 0 fully saturated rings. The molecule has 104 valence electrons. The van der Waals surface area contributed by atoms with Crippen molar-refractivity contribution in [1.29, 1.82) is 0 Å². The van der Waals surface area contributed by atoms with Gasteiger partial charge in [-0.15, -0.1) is 0 Å². The topological polar surface area (TPSA) is 80.4 Å². The van der Waals surface area contributed by atoms with Crippen LogP contribution in [0.2, 0.25) is 0 Å². The van der Waals surface area contributed by atoms with E-state index in [4.69, 9.17) is 5.11 Å². The number of carboxylic acids is 1. The molecule has 0 heterocycles. The average molecular weight is 257 g/mol. The maximum atomic E-state index is 10.4. The summed E-state index contributed by atoms with van der Waals surface area (Å²) in [5.41, 5.74) is -0.674. The minimum Gasteiger partial charge on any atom is -0.477 e. The van der Waals surface area contributed by atoms with Crippen molar-refractivity contribution in [2.75, 3.05) is 0 Å². The normalized spacial score (nSPS) is 7.22. The fraction of sp³-hybridized carbons (Fsp3) is 0.462. The summed E-state index contributed by atoms with van der Waals surface area (Å²) in [6.07, 6.45) is 0. The van der Waals surface area contributed by atoms with E-state index in [0.29, 0.717) is 0 Å². The Morgan fingerprint density at radius 3 is 1.72 bits per heavy atom. The predicted octanol–water partition coefficient (Wildman–Crippen LogP) is 4.37. The summed E-state index contributed by atoms with van der Waals surface area (Å²) in [5, 5.41) is 18.8. The minimum absolute atomic E-state index is 0.289. The first-order valence-electron chi connectivity index (χ1n) is 6.09. The van der Waals surface area contributed by atoms with Crippen LogP contribution in [0.3, 0.4) is 0 Å². The van der Waals surface area contributed by atoms with Gasteiger partial charge in [0.25, 0.3) is 5.69 Å². The number of para-hydroxylation sites is 1. The summed E-state index contributed by atoms with van der Waals surface area (Å²) in [4.78, 5) is 20.0. The summed E-state index contributed by atoms with van der Waals surface area (Å²) >= 11 is 0. The zero-order chi connectivity index (χ0) is 15.1. The number of rotatable bonds is 2. The van der Waals surface area contributed by atoms with E-state index in [1.165, 1.54) is 18.2 Å². The first-order chi connectivity index (χ1) is 8.63. The number of hydrogen-bond donors (Lipinski definition) is 1. The zero-order valence-electron chi connectivity index (χ0n) is 11.9. The van der Waals surface area contributed by atoms with E-state index in [2.05, 4.69) is 0 Å². The highest BCUT2D eigenvalue weighted by molar-refractivity contribution is 5.92. The van der Waals surface area contributed by atoms with Crippen LogP contribution in [-0.4, -0.2) is 16.0 Å². The second kappa shape index (κ2) is 15.1. The van der Waals surface area contributed by atoms with Crippen molar-refractivity contribution in [1.82, 2.24) is 0 Å². The Balaban J connectivity index is -0.000000328. The molecular formula is C13H23NO4. The number of aromatic carboxylic acids is 1. The van der Waals surface area contributed by atoms with E-state index in [1.54, 1.807) is 0 Å². The van der Waals surface area contributed by atoms with Crippen molar-refractivity contribution in [3.05, 3.63) is 39.9 Å². The standard InChI is InChI=1S/C7H5NO4.3C2H6/c9-7(10)5-3-1-2-4-6(5)8(11)12;3*1-2/h1-4H,(H,9,10);3*1-2H3. The third kappa shape index (κ3) is 8.27. The summed E-state index contributed by atoms with van der Waals surface area (Å²) in [6.45, 7) is 12.0. The molecule has 0 atom stereocenters. The van der Waals surface area contributed by atoms with Crippen LogP contribution in [0.15, 0.2) is 24.3 Å².